The summed E-state index contributed by atoms with van der Waals surface area (Å²) in [6.07, 6.45) is 1.68. The van der Waals surface area contributed by atoms with E-state index in [1.807, 2.05) is 36.6 Å². The number of para-hydroxylation sites is 2. The van der Waals surface area contributed by atoms with E-state index < -0.39 is 11.9 Å². The van der Waals surface area contributed by atoms with E-state index >= 15 is 0 Å². The molecule has 36 heavy (non-hydrogen) atoms. The molecule has 4 rings (SSSR count). The number of ether oxygens (including phenoxy) is 2. The van der Waals surface area contributed by atoms with E-state index in [9.17, 15) is 14.4 Å². The smallest absolute Gasteiger partial charge is 0.340 e. The van der Waals surface area contributed by atoms with Gasteiger partial charge < -0.3 is 14.0 Å². The maximum absolute atomic E-state index is 13.6. The number of esters is 2. The van der Waals surface area contributed by atoms with Crippen molar-refractivity contribution < 1.29 is 23.9 Å². The highest BCUT2D eigenvalue weighted by Crippen LogP contribution is 2.39. The largest absolute Gasteiger partial charge is 0.465 e. The summed E-state index contributed by atoms with van der Waals surface area (Å²) in [6, 6.07) is 16.0. The highest BCUT2D eigenvalue weighted by molar-refractivity contribution is 6.35. The number of anilines is 1. The first kappa shape index (κ1) is 25.0. The Labute approximate surface area is 214 Å². The molecule has 184 valence electrons. The predicted molar refractivity (Wildman–Crippen MR) is 138 cm³/mol. The third kappa shape index (κ3) is 4.12. The molecule has 2 aromatic carbocycles. The second kappa shape index (κ2) is 9.87. The summed E-state index contributed by atoms with van der Waals surface area (Å²) in [4.78, 5) is 40.2. The third-order valence-corrected chi connectivity index (χ3v) is 6.52. The molecule has 8 heteroatoms. The number of amides is 1. The van der Waals surface area contributed by atoms with Crippen LogP contribution in [0.1, 0.15) is 34.2 Å². The molecular formula is C28H25ClN2O5. The van der Waals surface area contributed by atoms with Crippen LogP contribution in [0.3, 0.4) is 0 Å². The lowest BCUT2D eigenvalue weighted by Crippen LogP contribution is -2.24. The molecular weight excluding hydrogens is 480 g/mol. The van der Waals surface area contributed by atoms with Gasteiger partial charge in [-0.05, 0) is 62.7 Å². The topological polar surface area (TPSA) is 77.8 Å². The highest BCUT2D eigenvalue weighted by atomic mass is 35.5. The molecule has 1 aromatic heterocycles. The van der Waals surface area contributed by atoms with Crippen molar-refractivity contribution in [1.82, 2.24) is 4.57 Å². The molecule has 2 heterocycles. The van der Waals surface area contributed by atoms with Crippen molar-refractivity contribution in [3.8, 4) is 5.69 Å². The van der Waals surface area contributed by atoms with Gasteiger partial charge in [0, 0.05) is 17.1 Å². The first-order valence-corrected chi connectivity index (χ1v) is 11.6. The van der Waals surface area contributed by atoms with E-state index in [4.69, 9.17) is 21.1 Å². The maximum Gasteiger partial charge on any atom is 0.340 e. The Morgan fingerprint density at radius 1 is 0.889 bits per heavy atom. The van der Waals surface area contributed by atoms with Gasteiger partial charge in [-0.3, -0.25) is 9.69 Å². The molecule has 7 nitrogen and oxygen atoms in total. The van der Waals surface area contributed by atoms with Gasteiger partial charge in [-0.1, -0.05) is 35.9 Å². The molecule has 0 fully saturated rings. The Morgan fingerprint density at radius 2 is 1.50 bits per heavy atom. The molecule has 0 saturated carbocycles. The molecule has 0 N–H and O–H groups in total. The standard InChI is InChI=1S/C28H25ClN2O5/c1-16-14-19(17(2)30(16)23-12-8-6-10-20(23)27(33)35-4)15-21-25(28(34)36-5)18(3)31(26(21)32)24-13-9-7-11-22(24)29/h6-15H,1-5H3/b21-15-. The average molecular weight is 505 g/mol. The van der Waals surface area contributed by atoms with Gasteiger partial charge in [0.05, 0.1) is 47.3 Å². The molecule has 0 bridgehead atoms. The molecule has 0 aliphatic carbocycles. The lowest BCUT2D eigenvalue weighted by Gasteiger charge is -2.19. The van der Waals surface area contributed by atoms with Gasteiger partial charge in [-0.2, -0.15) is 0 Å². The maximum atomic E-state index is 13.6. The van der Waals surface area contributed by atoms with Crippen LogP contribution in [-0.2, 0) is 19.1 Å². The summed E-state index contributed by atoms with van der Waals surface area (Å²) in [5.41, 5.74) is 4.66. The van der Waals surface area contributed by atoms with E-state index in [0.29, 0.717) is 33.2 Å². The van der Waals surface area contributed by atoms with Crippen LogP contribution in [0.4, 0.5) is 5.69 Å². The summed E-state index contributed by atoms with van der Waals surface area (Å²) in [5, 5.41) is 0.383. The number of rotatable bonds is 5. The van der Waals surface area contributed by atoms with E-state index in [-0.39, 0.29) is 17.1 Å². The lowest BCUT2D eigenvalue weighted by molar-refractivity contribution is -0.136. The number of aryl methyl sites for hydroxylation is 1. The lowest BCUT2D eigenvalue weighted by atomic mass is 10.0. The van der Waals surface area contributed by atoms with E-state index in [1.54, 1.807) is 49.4 Å². The zero-order valence-corrected chi connectivity index (χ0v) is 21.3. The zero-order valence-electron chi connectivity index (χ0n) is 20.6. The number of aromatic nitrogens is 1. The normalized spacial score (nSPS) is 14.6. The van der Waals surface area contributed by atoms with Gasteiger partial charge >= 0.3 is 11.9 Å². The number of hydrogen-bond donors (Lipinski definition) is 0. The number of carbonyl (C=O) groups is 3. The molecule has 0 spiro atoms. The molecule has 0 unspecified atom stereocenters. The van der Waals surface area contributed by atoms with Gasteiger partial charge in [-0.25, -0.2) is 9.59 Å². The first-order chi connectivity index (χ1) is 17.2. The molecule has 1 aliphatic heterocycles. The fourth-order valence-electron chi connectivity index (χ4n) is 4.51. The highest BCUT2D eigenvalue weighted by Gasteiger charge is 2.38. The minimum Gasteiger partial charge on any atom is -0.465 e. The summed E-state index contributed by atoms with van der Waals surface area (Å²) >= 11 is 6.38. The summed E-state index contributed by atoms with van der Waals surface area (Å²) in [6.45, 7) is 5.47. The second-order valence-electron chi connectivity index (χ2n) is 8.27. The van der Waals surface area contributed by atoms with Gasteiger partial charge in [0.25, 0.3) is 5.91 Å². The summed E-state index contributed by atoms with van der Waals surface area (Å²) < 4.78 is 11.9. The van der Waals surface area contributed by atoms with Crippen LogP contribution < -0.4 is 4.90 Å². The van der Waals surface area contributed by atoms with Crippen molar-refractivity contribution in [2.45, 2.75) is 20.8 Å². The SMILES string of the molecule is COC(=O)C1=C(C)N(c2ccccc2Cl)C(=O)/C1=C\c1cc(C)n(-c2ccccc2C(=O)OC)c1C. The molecule has 1 aliphatic rings. The van der Waals surface area contributed by atoms with Crippen LogP contribution in [-0.4, -0.2) is 36.6 Å². The Kier molecular flexibility index (Phi) is 6.86. The van der Waals surface area contributed by atoms with Gasteiger partial charge in [0.2, 0.25) is 0 Å². The fraction of sp³-hybridized carbons (Fsp3) is 0.179. The van der Waals surface area contributed by atoms with Crippen LogP contribution in [0.2, 0.25) is 5.02 Å². The number of benzene rings is 2. The Balaban J connectivity index is 1.88. The average Bonchev–Trinajstić information content (AvgIpc) is 3.29. The van der Waals surface area contributed by atoms with Crippen LogP contribution in [0.15, 0.2) is 71.4 Å². The zero-order chi connectivity index (χ0) is 26.1. The molecule has 0 radical (unpaired) electrons. The van der Waals surface area contributed by atoms with Crippen LogP contribution in [0.25, 0.3) is 11.8 Å². The van der Waals surface area contributed by atoms with Crippen molar-refractivity contribution in [2.24, 2.45) is 0 Å². The predicted octanol–water partition coefficient (Wildman–Crippen LogP) is 5.41. The van der Waals surface area contributed by atoms with Crippen molar-refractivity contribution in [1.29, 1.82) is 0 Å². The minimum atomic E-state index is -0.619. The van der Waals surface area contributed by atoms with Crippen LogP contribution >= 0.6 is 11.6 Å². The third-order valence-electron chi connectivity index (χ3n) is 6.20. The molecule has 0 saturated heterocycles. The number of allylic oxidation sites excluding steroid dienone is 1. The van der Waals surface area contributed by atoms with Gasteiger partial charge in [0.15, 0.2) is 0 Å². The Hall–Kier alpha value is -4.10. The van der Waals surface area contributed by atoms with Crippen molar-refractivity contribution in [3.05, 3.63) is 99.0 Å². The fourth-order valence-corrected chi connectivity index (χ4v) is 4.73. The van der Waals surface area contributed by atoms with Crippen molar-refractivity contribution in [3.63, 3.8) is 0 Å². The van der Waals surface area contributed by atoms with Crippen LogP contribution in [0.5, 0.6) is 0 Å². The second-order valence-corrected chi connectivity index (χ2v) is 8.68. The van der Waals surface area contributed by atoms with Crippen LogP contribution in [0, 0.1) is 13.8 Å². The monoisotopic (exact) mass is 504 g/mol. The first-order valence-electron chi connectivity index (χ1n) is 11.2. The van der Waals surface area contributed by atoms with Crippen molar-refractivity contribution >= 4 is 41.2 Å². The molecule has 3 aromatic rings. The number of halogens is 1. The molecule has 0 atom stereocenters. The van der Waals surface area contributed by atoms with Crippen molar-refractivity contribution in [2.75, 3.05) is 19.1 Å². The Bertz CT molecular complexity index is 1460. The Morgan fingerprint density at radius 3 is 2.14 bits per heavy atom. The number of nitrogens with zero attached hydrogens (tertiary/aromatic N) is 2. The van der Waals surface area contributed by atoms with E-state index in [1.165, 1.54) is 19.1 Å². The number of methoxy groups -OCH3 is 2. The van der Waals surface area contributed by atoms with E-state index in [2.05, 4.69) is 0 Å². The molecule has 1 amide bonds. The summed E-state index contributed by atoms with van der Waals surface area (Å²) in [7, 11) is 2.61. The quantitative estimate of drug-likeness (QED) is 0.343. The minimum absolute atomic E-state index is 0.169. The van der Waals surface area contributed by atoms with E-state index in [0.717, 1.165) is 11.4 Å². The van der Waals surface area contributed by atoms with Gasteiger partial charge in [0.1, 0.15) is 0 Å². The number of carbonyl (C=O) groups excluding carboxylic acids is 3. The van der Waals surface area contributed by atoms with Gasteiger partial charge in [-0.15, -0.1) is 0 Å². The number of hydrogen-bond acceptors (Lipinski definition) is 5. The summed E-state index contributed by atoms with van der Waals surface area (Å²) in [5.74, 6) is -1.46.